The summed E-state index contributed by atoms with van der Waals surface area (Å²) >= 11 is 1.45. The number of rotatable bonds is 5. The minimum Gasteiger partial charge on any atom is -0.350 e. The van der Waals surface area contributed by atoms with Crippen LogP contribution in [0.2, 0.25) is 0 Å². The van der Waals surface area contributed by atoms with Crippen molar-refractivity contribution in [3.63, 3.8) is 0 Å². The molecule has 2 heterocycles. The third-order valence-electron chi connectivity index (χ3n) is 3.46. The Morgan fingerprint density at radius 2 is 1.86 bits per heavy atom. The third kappa shape index (κ3) is 3.40. The molecule has 3 nitrogen and oxygen atoms in total. The molecular weight excluding hydrogens is 292 g/mol. The molecule has 0 saturated carbocycles. The van der Waals surface area contributed by atoms with E-state index in [2.05, 4.69) is 22.4 Å². The van der Waals surface area contributed by atoms with Crippen LogP contribution in [0.5, 0.6) is 0 Å². The van der Waals surface area contributed by atoms with E-state index in [-0.39, 0.29) is 11.8 Å². The molecule has 110 valence electrons. The number of aromatic nitrogens is 1. The Bertz CT molecular complexity index is 672. The number of nitrogens with zero attached hydrogens (tertiary/aromatic N) is 1. The van der Waals surface area contributed by atoms with Gasteiger partial charge in [-0.3, -0.25) is 9.78 Å². The summed E-state index contributed by atoms with van der Waals surface area (Å²) < 4.78 is 0. The topological polar surface area (TPSA) is 42.0 Å². The lowest BCUT2D eigenvalue weighted by atomic mass is 9.95. The van der Waals surface area contributed by atoms with Gasteiger partial charge in [0.05, 0.1) is 4.88 Å². The second kappa shape index (κ2) is 7.00. The van der Waals surface area contributed by atoms with Crippen molar-refractivity contribution >= 4 is 17.2 Å². The second-order valence-corrected chi connectivity index (χ2v) is 5.85. The molecule has 0 aliphatic heterocycles. The normalized spacial score (nSPS) is 11.8. The van der Waals surface area contributed by atoms with E-state index in [0.29, 0.717) is 6.54 Å². The zero-order valence-corrected chi connectivity index (χ0v) is 12.8. The van der Waals surface area contributed by atoms with E-state index in [1.54, 1.807) is 6.20 Å². The van der Waals surface area contributed by atoms with Crippen LogP contribution < -0.4 is 5.32 Å². The Hall–Kier alpha value is -2.46. The van der Waals surface area contributed by atoms with Crippen molar-refractivity contribution in [1.29, 1.82) is 0 Å². The van der Waals surface area contributed by atoms with Gasteiger partial charge in [0, 0.05) is 24.4 Å². The van der Waals surface area contributed by atoms with Gasteiger partial charge in [0.15, 0.2) is 0 Å². The number of carbonyl (C=O) groups is 1. The molecule has 0 bridgehead atoms. The first-order chi connectivity index (χ1) is 10.8. The first-order valence-electron chi connectivity index (χ1n) is 7.12. The molecule has 0 aliphatic carbocycles. The summed E-state index contributed by atoms with van der Waals surface area (Å²) in [6.45, 7) is 0.526. The van der Waals surface area contributed by atoms with Crippen LogP contribution in [0.4, 0.5) is 0 Å². The lowest BCUT2D eigenvalue weighted by molar-refractivity contribution is 0.0956. The summed E-state index contributed by atoms with van der Waals surface area (Å²) in [5.74, 6) is 0.0122. The summed E-state index contributed by atoms with van der Waals surface area (Å²) in [5, 5.41) is 4.92. The first-order valence-corrected chi connectivity index (χ1v) is 8.00. The maximum absolute atomic E-state index is 12.2. The summed E-state index contributed by atoms with van der Waals surface area (Å²) in [7, 11) is 0. The van der Waals surface area contributed by atoms with Gasteiger partial charge in [0.25, 0.3) is 5.91 Å². The Kier molecular flexibility index (Phi) is 4.61. The van der Waals surface area contributed by atoms with Crippen molar-refractivity contribution in [2.75, 3.05) is 6.54 Å². The number of hydrogen-bond donors (Lipinski definition) is 1. The molecule has 0 radical (unpaired) electrons. The minimum absolute atomic E-state index is 0.0353. The van der Waals surface area contributed by atoms with E-state index in [9.17, 15) is 4.79 Å². The molecule has 4 heteroatoms. The Morgan fingerprint density at radius 3 is 2.55 bits per heavy atom. The number of nitrogens with one attached hydrogen (secondary N) is 1. The molecule has 3 rings (SSSR count). The quantitative estimate of drug-likeness (QED) is 0.781. The van der Waals surface area contributed by atoms with Crippen LogP contribution in [0.3, 0.4) is 0 Å². The van der Waals surface area contributed by atoms with Crippen LogP contribution in [0.25, 0.3) is 0 Å². The number of carbonyl (C=O) groups excluding carboxylic acids is 1. The maximum Gasteiger partial charge on any atom is 0.261 e. The molecule has 0 fully saturated rings. The molecular formula is C18H16N2OS. The van der Waals surface area contributed by atoms with E-state index in [0.717, 1.165) is 16.1 Å². The van der Waals surface area contributed by atoms with Crippen LogP contribution in [0.1, 0.15) is 26.8 Å². The van der Waals surface area contributed by atoms with Gasteiger partial charge >= 0.3 is 0 Å². The van der Waals surface area contributed by atoms with Gasteiger partial charge in [-0.05, 0) is 29.1 Å². The van der Waals surface area contributed by atoms with Crippen LogP contribution in [0.15, 0.2) is 72.2 Å². The monoisotopic (exact) mass is 308 g/mol. The Balaban J connectivity index is 1.79. The van der Waals surface area contributed by atoms with Gasteiger partial charge in [0.1, 0.15) is 0 Å². The molecule has 0 saturated heterocycles. The summed E-state index contributed by atoms with van der Waals surface area (Å²) in [5.41, 5.74) is 2.10. The lowest BCUT2D eigenvalue weighted by Crippen LogP contribution is -2.28. The number of pyridine rings is 1. The fourth-order valence-corrected chi connectivity index (χ4v) is 2.99. The SMILES string of the molecule is O=C(NCC(c1ccccc1)c1ccccn1)c1cccs1. The number of thiophene rings is 1. The zero-order chi connectivity index (χ0) is 15.2. The van der Waals surface area contributed by atoms with E-state index in [4.69, 9.17) is 0 Å². The molecule has 22 heavy (non-hydrogen) atoms. The predicted molar refractivity (Wildman–Crippen MR) is 89.2 cm³/mol. The van der Waals surface area contributed by atoms with Gasteiger partial charge < -0.3 is 5.32 Å². The first kappa shape index (κ1) is 14.5. The van der Waals surface area contributed by atoms with Crippen LogP contribution >= 0.6 is 11.3 Å². The lowest BCUT2D eigenvalue weighted by Gasteiger charge is -2.17. The molecule has 1 amide bonds. The number of hydrogen-bond acceptors (Lipinski definition) is 3. The molecule has 2 aromatic heterocycles. The molecule has 3 aromatic rings. The average Bonchev–Trinajstić information content (AvgIpc) is 3.11. The van der Waals surface area contributed by atoms with Crippen molar-refractivity contribution < 1.29 is 4.79 Å². The van der Waals surface area contributed by atoms with Crippen molar-refractivity contribution in [3.05, 3.63) is 88.4 Å². The highest BCUT2D eigenvalue weighted by Crippen LogP contribution is 2.22. The average molecular weight is 308 g/mol. The van der Waals surface area contributed by atoms with Crippen molar-refractivity contribution in [1.82, 2.24) is 10.3 Å². The molecule has 1 atom stereocenters. The van der Waals surface area contributed by atoms with Crippen molar-refractivity contribution in [2.45, 2.75) is 5.92 Å². The highest BCUT2D eigenvalue weighted by atomic mass is 32.1. The van der Waals surface area contributed by atoms with Crippen molar-refractivity contribution in [2.24, 2.45) is 0 Å². The molecule has 1 aromatic carbocycles. The van der Waals surface area contributed by atoms with Crippen molar-refractivity contribution in [3.8, 4) is 0 Å². The van der Waals surface area contributed by atoms with Gasteiger partial charge in [-0.1, -0.05) is 42.5 Å². The summed E-state index contributed by atoms with van der Waals surface area (Å²) in [4.78, 5) is 17.3. The number of benzene rings is 1. The van der Waals surface area contributed by atoms with E-state index < -0.39 is 0 Å². The fraction of sp³-hybridized carbons (Fsp3) is 0.111. The highest BCUT2D eigenvalue weighted by Gasteiger charge is 2.17. The standard InChI is InChI=1S/C18H16N2OS/c21-18(17-10-6-12-22-17)20-13-15(14-7-2-1-3-8-14)16-9-4-5-11-19-16/h1-12,15H,13H2,(H,20,21). The van der Waals surface area contributed by atoms with Gasteiger partial charge in [-0.2, -0.15) is 0 Å². The molecule has 0 aliphatic rings. The Labute approximate surface area is 133 Å². The van der Waals surface area contributed by atoms with Crippen LogP contribution in [-0.2, 0) is 0 Å². The van der Waals surface area contributed by atoms with Crippen LogP contribution in [0, 0.1) is 0 Å². The molecule has 1 N–H and O–H groups in total. The van der Waals surface area contributed by atoms with E-state index >= 15 is 0 Å². The highest BCUT2D eigenvalue weighted by molar-refractivity contribution is 7.12. The number of amides is 1. The molecule has 1 unspecified atom stereocenters. The van der Waals surface area contributed by atoms with Gasteiger partial charge in [-0.15, -0.1) is 11.3 Å². The Morgan fingerprint density at radius 1 is 1.05 bits per heavy atom. The summed E-state index contributed by atoms with van der Waals surface area (Å²) in [6.07, 6.45) is 1.78. The maximum atomic E-state index is 12.2. The third-order valence-corrected chi connectivity index (χ3v) is 4.33. The smallest absolute Gasteiger partial charge is 0.261 e. The minimum atomic E-state index is -0.0353. The van der Waals surface area contributed by atoms with E-state index in [1.165, 1.54) is 11.3 Å². The predicted octanol–water partition coefficient (Wildman–Crippen LogP) is 3.71. The second-order valence-electron chi connectivity index (χ2n) is 4.91. The molecule has 0 spiro atoms. The van der Waals surface area contributed by atoms with Crippen LogP contribution in [-0.4, -0.2) is 17.4 Å². The van der Waals surface area contributed by atoms with Gasteiger partial charge in [-0.25, -0.2) is 0 Å². The largest absolute Gasteiger partial charge is 0.350 e. The fourth-order valence-electron chi connectivity index (χ4n) is 2.35. The zero-order valence-electron chi connectivity index (χ0n) is 12.0. The van der Waals surface area contributed by atoms with Gasteiger partial charge in [0.2, 0.25) is 0 Å². The summed E-state index contributed by atoms with van der Waals surface area (Å²) in [6, 6.07) is 19.7. The van der Waals surface area contributed by atoms with E-state index in [1.807, 2.05) is 53.9 Å².